The van der Waals surface area contributed by atoms with Gasteiger partial charge >= 0.3 is 0 Å². The van der Waals surface area contributed by atoms with Crippen molar-refractivity contribution in [2.24, 2.45) is 5.73 Å². The van der Waals surface area contributed by atoms with Crippen molar-refractivity contribution >= 4 is 11.6 Å². The molecule has 1 atom stereocenters. The maximum atomic E-state index is 11.1. The number of hydrogen-bond acceptors (Lipinski definition) is 6. The molecule has 4 rings (SSSR count). The molecule has 0 radical (unpaired) electrons. The first-order valence-electron chi connectivity index (χ1n) is 8.15. The molecule has 3 N–H and O–H groups in total. The second-order valence-electron chi connectivity index (χ2n) is 6.12. The van der Waals surface area contributed by atoms with Crippen LogP contribution in [-0.2, 0) is 25.8 Å². The lowest BCUT2D eigenvalue weighted by atomic mass is 10.1. The Morgan fingerprint density at radius 1 is 1.40 bits per heavy atom. The van der Waals surface area contributed by atoms with E-state index in [1.165, 1.54) is 17.4 Å². The number of primary amides is 1. The van der Waals surface area contributed by atoms with Gasteiger partial charge in [0.05, 0.1) is 11.8 Å². The number of aryl methyl sites for hydroxylation is 2. The van der Waals surface area contributed by atoms with Gasteiger partial charge in [-0.15, -0.1) is 0 Å². The molecule has 0 bridgehead atoms. The highest BCUT2D eigenvalue weighted by molar-refractivity contribution is 5.92. The Bertz CT molecular complexity index is 875. The van der Waals surface area contributed by atoms with Gasteiger partial charge in [-0.2, -0.15) is 10.1 Å². The molecule has 3 heterocycles. The van der Waals surface area contributed by atoms with E-state index in [1.54, 1.807) is 10.9 Å². The first-order chi connectivity index (χ1) is 12.2. The van der Waals surface area contributed by atoms with E-state index in [9.17, 15) is 4.79 Å². The van der Waals surface area contributed by atoms with Crippen LogP contribution in [0.15, 0.2) is 41.2 Å². The number of aromatic nitrogens is 4. The van der Waals surface area contributed by atoms with Crippen LogP contribution in [0.1, 0.15) is 27.6 Å². The highest BCUT2D eigenvalue weighted by atomic mass is 16.5. The molecule has 8 nitrogen and oxygen atoms in total. The van der Waals surface area contributed by atoms with Crippen LogP contribution in [0, 0.1) is 0 Å². The highest BCUT2D eigenvalue weighted by Gasteiger charge is 2.22. The lowest BCUT2D eigenvalue weighted by Crippen LogP contribution is -2.18. The minimum absolute atomic E-state index is 0.273. The number of nitrogens with zero attached hydrogens (tertiary/aromatic N) is 4. The van der Waals surface area contributed by atoms with E-state index < -0.39 is 5.91 Å². The number of carbonyl (C=O) groups excluding carboxylic acids is 1. The predicted molar refractivity (Wildman–Crippen MR) is 90.0 cm³/mol. The smallest absolute Gasteiger partial charge is 0.251 e. The fraction of sp³-hybridized carbons (Fsp3) is 0.294. The summed E-state index contributed by atoms with van der Waals surface area (Å²) in [6, 6.07) is 8.56. The molecular formula is C17H18N6O2. The lowest BCUT2D eigenvalue weighted by molar-refractivity contribution is 0.1000. The minimum Gasteiger partial charge on any atom is -0.381 e. The zero-order chi connectivity index (χ0) is 17.2. The molecule has 25 heavy (non-hydrogen) atoms. The van der Waals surface area contributed by atoms with E-state index in [0.29, 0.717) is 36.7 Å². The molecule has 1 aliphatic rings. The van der Waals surface area contributed by atoms with Crippen molar-refractivity contribution in [3.05, 3.63) is 59.5 Å². The molecule has 0 fully saturated rings. The Labute approximate surface area is 144 Å². The third-order valence-corrected chi connectivity index (χ3v) is 4.26. The third-order valence-electron chi connectivity index (χ3n) is 4.26. The van der Waals surface area contributed by atoms with Crippen molar-refractivity contribution < 1.29 is 9.32 Å². The van der Waals surface area contributed by atoms with Crippen LogP contribution >= 0.6 is 0 Å². The highest BCUT2D eigenvalue weighted by Crippen LogP contribution is 2.26. The van der Waals surface area contributed by atoms with Gasteiger partial charge in [0.25, 0.3) is 5.91 Å². The molecule has 1 aromatic carbocycles. The molecule has 2 aromatic heterocycles. The largest absolute Gasteiger partial charge is 0.381 e. The number of fused-ring (bicyclic) bond motifs is 1. The number of rotatable bonds is 6. The summed E-state index contributed by atoms with van der Waals surface area (Å²) in [7, 11) is 0. The second-order valence-corrected chi connectivity index (χ2v) is 6.12. The Hall–Kier alpha value is -3.16. The Kier molecular flexibility index (Phi) is 3.93. The van der Waals surface area contributed by atoms with Crippen molar-refractivity contribution in [2.45, 2.75) is 31.8 Å². The predicted octanol–water partition coefficient (Wildman–Crippen LogP) is 1.19. The standard InChI is InChI=1S/C17H18N6O2/c18-17(24)12-9-19-23(10-12)6-5-15-21-16(25-22-15)8-13-7-11-3-1-2-4-14(11)20-13/h1-4,9-10,13,20H,5-8H2,(H2,18,24)/t13-/m1/s1. The average molecular weight is 338 g/mol. The van der Waals surface area contributed by atoms with Gasteiger partial charge < -0.3 is 15.6 Å². The first kappa shape index (κ1) is 15.4. The summed E-state index contributed by atoms with van der Waals surface area (Å²) in [5, 5.41) is 11.6. The molecular weight excluding hydrogens is 320 g/mol. The van der Waals surface area contributed by atoms with Gasteiger partial charge in [0.2, 0.25) is 5.89 Å². The van der Waals surface area contributed by atoms with E-state index in [-0.39, 0.29) is 6.04 Å². The molecule has 0 unspecified atom stereocenters. The maximum Gasteiger partial charge on any atom is 0.251 e. The molecule has 128 valence electrons. The zero-order valence-corrected chi connectivity index (χ0v) is 13.6. The summed E-state index contributed by atoms with van der Waals surface area (Å²) in [5.74, 6) is 0.762. The number of anilines is 1. The average Bonchev–Trinajstić information content (AvgIpc) is 3.32. The van der Waals surface area contributed by atoms with Gasteiger partial charge in [0.15, 0.2) is 5.82 Å². The fourth-order valence-corrected chi connectivity index (χ4v) is 3.01. The van der Waals surface area contributed by atoms with Crippen molar-refractivity contribution in [3.8, 4) is 0 Å². The monoisotopic (exact) mass is 338 g/mol. The molecule has 3 aromatic rings. The normalized spacial score (nSPS) is 15.8. The molecule has 1 amide bonds. The first-order valence-corrected chi connectivity index (χ1v) is 8.15. The van der Waals surface area contributed by atoms with E-state index in [1.807, 2.05) is 12.1 Å². The van der Waals surface area contributed by atoms with E-state index >= 15 is 0 Å². The van der Waals surface area contributed by atoms with Crippen LogP contribution in [0.3, 0.4) is 0 Å². The molecule has 1 aliphatic heterocycles. The van der Waals surface area contributed by atoms with E-state index in [2.05, 4.69) is 32.7 Å². The second kappa shape index (κ2) is 6.39. The van der Waals surface area contributed by atoms with Crippen LogP contribution < -0.4 is 11.1 Å². The minimum atomic E-state index is -0.488. The third kappa shape index (κ3) is 3.37. The number of benzene rings is 1. The molecule has 0 aliphatic carbocycles. The topological polar surface area (TPSA) is 112 Å². The van der Waals surface area contributed by atoms with E-state index in [0.717, 1.165) is 6.42 Å². The summed E-state index contributed by atoms with van der Waals surface area (Å²) >= 11 is 0. The summed E-state index contributed by atoms with van der Waals surface area (Å²) in [6.07, 6.45) is 5.28. The van der Waals surface area contributed by atoms with E-state index in [4.69, 9.17) is 10.3 Å². The van der Waals surface area contributed by atoms with Crippen LogP contribution in [0.25, 0.3) is 0 Å². The Balaban J connectivity index is 1.32. The quantitative estimate of drug-likeness (QED) is 0.698. The fourth-order valence-electron chi connectivity index (χ4n) is 3.01. The maximum absolute atomic E-state index is 11.1. The van der Waals surface area contributed by atoms with Crippen molar-refractivity contribution in [1.29, 1.82) is 0 Å². The van der Waals surface area contributed by atoms with Gasteiger partial charge in [-0.1, -0.05) is 23.4 Å². The zero-order valence-electron chi connectivity index (χ0n) is 13.6. The Morgan fingerprint density at radius 2 is 2.28 bits per heavy atom. The number of nitrogens with one attached hydrogen (secondary N) is 1. The Morgan fingerprint density at radius 3 is 3.08 bits per heavy atom. The number of hydrogen-bond donors (Lipinski definition) is 2. The van der Waals surface area contributed by atoms with Crippen molar-refractivity contribution in [2.75, 3.05) is 5.32 Å². The van der Waals surface area contributed by atoms with Crippen LogP contribution in [0.4, 0.5) is 5.69 Å². The molecule has 0 saturated carbocycles. The SMILES string of the molecule is NC(=O)c1cnn(CCc2noc(C[C@H]3Cc4ccccc4N3)n2)c1. The number of amides is 1. The summed E-state index contributed by atoms with van der Waals surface area (Å²) < 4.78 is 7.00. The van der Waals surface area contributed by atoms with Crippen molar-refractivity contribution in [3.63, 3.8) is 0 Å². The van der Waals surface area contributed by atoms with Crippen LogP contribution in [0.2, 0.25) is 0 Å². The summed E-state index contributed by atoms with van der Waals surface area (Å²) in [6.45, 7) is 0.555. The lowest BCUT2D eigenvalue weighted by Gasteiger charge is -2.07. The van der Waals surface area contributed by atoms with Gasteiger partial charge in [-0.3, -0.25) is 9.48 Å². The number of para-hydroxylation sites is 1. The van der Waals surface area contributed by atoms with Gasteiger partial charge in [0, 0.05) is 37.3 Å². The van der Waals surface area contributed by atoms with Crippen LogP contribution in [0.5, 0.6) is 0 Å². The molecule has 0 saturated heterocycles. The number of carbonyl (C=O) groups is 1. The van der Waals surface area contributed by atoms with Gasteiger partial charge in [0.1, 0.15) is 0 Å². The summed E-state index contributed by atoms with van der Waals surface area (Å²) in [4.78, 5) is 15.5. The van der Waals surface area contributed by atoms with Crippen LogP contribution in [-0.4, -0.2) is 31.9 Å². The molecule has 8 heteroatoms. The van der Waals surface area contributed by atoms with Gasteiger partial charge in [-0.25, -0.2) is 0 Å². The summed E-state index contributed by atoms with van der Waals surface area (Å²) in [5.41, 5.74) is 8.09. The molecule has 0 spiro atoms. The van der Waals surface area contributed by atoms with Crippen molar-refractivity contribution in [1.82, 2.24) is 19.9 Å². The number of nitrogens with two attached hydrogens (primary N) is 1. The van der Waals surface area contributed by atoms with Gasteiger partial charge in [-0.05, 0) is 18.1 Å².